The lowest BCUT2D eigenvalue weighted by atomic mass is 10.1. The molecular weight excluding hydrogens is 252 g/mol. The van der Waals surface area contributed by atoms with E-state index in [1.807, 2.05) is 6.07 Å². The average Bonchev–Trinajstić information content (AvgIpc) is 2.35. The third-order valence-electron chi connectivity index (χ3n) is 2.81. The number of primary amides is 1. The Morgan fingerprint density at radius 3 is 2.72 bits per heavy atom. The predicted octanol–water partition coefficient (Wildman–Crippen LogP) is 1.64. The molecule has 0 aliphatic heterocycles. The number of hydrogen-bond donors (Lipinski definition) is 2. The minimum Gasteiger partial charge on any atom is -0.396 e. The van der Waals surface area contributed by atoms with Crippen molar-refractivity contribution in [3.05, 3.63) is 34.3 Å². The first kappa shape index (κ1) is 15.0. The van der Waals surface area contributed by atoms with Gasteiger partial charge in [-0.2, -0.15) is 0 Å². The van der Waals surface area contributed by atoms with Gasteiger partial charge in [-0.3, -0.25) is 9.69 Å². The molecule has 0 bridgehead atoms. The Morgan fingerprint density at radius 1 is 1.50 bits per heavy atom. The second kappa shape index (κ2) is 7.36. The average molecular weight is 271 g/mol. The molecule has 0 atom stereocenters. The molecule has 1 aromatic rings. The fourth-order valence-electron chi connectivity index (χ4n) is 1.71. The Bertz CT molecular complexity index is 410. The number of amides is 1. The highest BCUT2D eigenvalue weighted by atomic mass is 35.5. The van der Waals surface area contributed by atoms with Crippen LogP contribution in [0.3, 0.4) is 0 Å². The summed E-state index contributed by atoms with van der Waals surface area (Å²) in [4.78, 5) is 13.2. The Hall–Kier alpha value is -1.10. The lowest BCUT2D eigenvalue weighted by Gasteiger charge is -2.20. The number of aliphatic hydroxyl groups excluding tert-OH is 1. The Kier molecular flexibility index (Phi) is 6.12. The van der Waals surface area contributed by atoms with Gasteiger partial charge in [-0.05, 0) is 30.7 Å². The summed E-state index contributed by atoms with van der Waals surface area (Å²) in [6, 6.07) is 5.10. The summed E-state index contributed by atoms with van der Waals surface area (Å²) in [6.45, 7) is 4.65. The first-order valence-corrected chi connectivity index (χ1v) is 6.37. The highest BCUT2D eigenvalue weighted by molar-refractivity contribution is 6.31. The number of nitrogens with zero attached hydrogens (tertiary/aromatic N) is 1. The van der Waals surface area contributed by atoms with Crippen molar-refractivity contribution in [2.24, 2.45) is 5.73 Å². The van der Waals surface area contributed by atoms with E-state index in [2.05, 4.69) is 11.8 Å². The van der Waals surface area contributed by atoms with Crippen molar-refractivity contribution in [1.29, 1.82) is 0 Å². The van der Waals surface area contributed by atoms with E-state index in [0.29, 0.717) is 17.1 Å². The van der Waals surface area contributed by atoms with Crippen LogP contribution in [0.2, 0.25) is 5.02 Å². The molecule has 1 aromatic carbocycles. The van der Waals surface area contributed by atoms with Gasteiger partial charge in [0.2, 0.25) is 5.91 Å². The minimum absolute atomic E-state index is 0.185. The molecule has 0 aromatic heterocycles. The highest BCUT2D eigenvalue weighted by Gasteiger charge is 2.09. The van der Waals surface area contributed by atoms with Gasteiger partial charge >= 0.3 is 0 Å². The third kappa shape index (κ3) is 4.29. The van der Waals surface area contributed by atoms with Crippen molar-refractivity contribution >= 4 is 17.5 Å². The van der Waals surface area contributed by atoms with Gasteiger partial charge in [-0.25, -0.2) is 0 Å². The van der Waals surface area contributed by atoms with Crippen molar-refractivity contribution in [1.82, 2.24) is 4.90 Å². The second-order valence-corrected chi connectivity index (χ2v) is 4.52. The van der Waals surface area contributed by atoms with E-state index >= 15 is 0 Å². The van der Waals surface area contributed by atoms with Crippen LogP contribution in [0.5, 0.6) is 0 Å². The molecule has 0 radical (unpaired) electrons. The van der Waals surface area contributed by atoms with Crippen molar-refractivity contribution in [2.45, 2.75) is 19.9 Å². The molecule has 18 heavy (non-hydrogen) atoms. The van der Waals surface area contributed by atoms with Crippen LogP contribution in [-0.4, -0.2) is 35.6 Å². The minimum atomic E-state index is -0.476. The maximum atomic E-state index is 11.0. The summed E-state index contributed by atoms with van der Waals surface area (Å²) in [7, 11) is 0. The Labute approximate surface area is 112 Å². The Morgan fingerprint density at radius 2 is 2.22 bits per heavy atom. The van der Waals surface area contributed by atoms with E-state index < -0.39 is 5.91 Å². The molecule has 0 unspecified atom stereocenters. The van der Waals surface area contributed by atoms with E-state index in [0.717, 1.165) is 25.1 Å². The first-order valence-electron chi connectivity index (χ1n) is 6.00. The molecule has 5 heteroatoms. The summed E-state index contributed by atoms with van der Waals surface area (Å²) >= 11 is 6.12. The smallest absolute Gasteiger partial charge is 0.248 e. The highest BCUT2D eigenvalue weighted by Crippen LogP contribution is 2.19. The summed E-state index contributed by atoms with van der Waals surface area (Å²) in [5.74, 6) is -0.476. The number of benzene rings is 1. The van der Waals surface area contributed by atoms with Crippen LogP contribution in [0.4, 0.5) is 0 Å². The lowest BCUT2D eigenvalue weighted by molar-refractivity contribution is 0.1000. The van der Waals surface area contributed by atoms with Crippen LogP contribution < -0.4 is 5.73 Å². The second-order valence-electron chi connectivity index (χ2n) is 4.12. The van der Waals surface area contributed by atoms with Crippen LogP contribution in [0.15, 0.2) is 18.2 Å². The maximum Gasteiger partial charge on any atom is 0.248 e. The predicted molar refractivity (Wildman–Crippen MR) is 72.6 cm³/mol. The van der Waals surface area contributed by atoms with Crippen LogP contribution in [0.25, 0.3) is 0 Å². The molecule has 100 valence electrons. The molecule has 3 N–H and O–H groups in total. The van der Waals surface area contributed by atoms with Crippen molar-refractivity contribution in [2.75, 3.05) is 19.7 Å². The zero-order valence-corrected chi connectivity index (χ0v) is 11.3. The molecule has 0 heterocycles. The summed E-state index contributed by atoms with van der Waals surface area (Å²) in [5.41, 5.74) is 6.57. The van der Waals surface area contributed by atoms with Crippen LogP contribution in [0.1, 0.15) is 29.3 Å². The van der Waals surface area contributed by atoms with Gasteiger partial charge in [0.25, 0.3) is 0 Å². The fourth-order valence-corrected chi connectivity index (χ4v) is 1.95. The largest absolute Gasteiger partial charge is 0.396 e. The zero-order valence-electron chi connectivity index (χ0n) is 10.5. The van der Waals surface area contributed by atoms with Gasteiger partial charge in [0, 0.05) is 30.3 Å². The Balaban J connectivity index is 2.74. The third-order valence-corrected chi connectivity index (χ3v) is 3.16. The van der Waals surface area contributed by atoms with Gasteiger partial charge in [-0.1, -0.05) is 24.6 Å². The SMILES string of the molecule is CCN(CCCO)Cc1ccc(C(N)=O)cc1Cl. The number of carbonyl (C=O) groups excluding carboxylic acids is 1. The van der Waals surface area contributed by atoms with E-state index in [1.54, 1.807) is 12.1 Å². The van der Waals surface area contributed by atoms with Crippen LogP contribution in [-0.2, 0) is 6.54 Å². The molecule has 0 aliphatic carbocycles. The molecule has 1 amide bonds. The first-order chi connectivity index (χ1) is 8.58. The quantitative estimate of drug-likeness (QED) is 0.792. The van der Waals surface area contributed by atoms with E-state index in [-0.39, 0.29) is 6.61 Å². The number of rotatable bonds is 7. The summed E-state index contributed by atoms with van der Waals surface area (Å²) < 4.78 is 0. The van der Waals surface area contributed by atoms with Gasteiger partial charge < -0.3 is 10.8 Å². The number of carbonyl (C=O) groups is 1. The van der Waals surface area contributed by atoms with Gasteiger partial charge in [-0.15, -0.1) is 0 Å². The lowest BCUT2D eigenvalue weighted by Crippen LogP contribution is -2.25. The van der Waals surface area contributed by atoms with E-state index in [4.69, 9.17) is 22.4 Å². The summed E-state index contributed by atoms with van der Waals surface area (Å²) in [5, 5.41) is 9.37. The molecular formula is C13H19ClN2O2. The molecule has 4 nitrogen and oxygen atoms in total. The normalized spacial score (nSPS) is 10.9. The van der Waals surface area contributed by atoms with Gasteiger partial charge in [0.05, 0.1) is 0 Å². The summed E-state index contributed by atoms with van der Waals surface area (Å²) in [6.07, 6.45) is 0.741. The zero-order chi connectivity index (χ0) is 13.5. The van der Waals surface area contributed by atoms with Crippen LogP contribution in [0, 0.1) is 0 Å². The van der Waals surface area contributed by atoms with Crippen molar-refractivity contribution in [3.63, 3.8) is 0 Å². The molecule has 0 saturated heterocycles. The monoisotopic (exact) mass is 270 g/mol. The fraction of sp³-hybridized carbons (Fsp3) is 0.462. The topological polar surface area (TPSA) is 66.6 Å². The van der Waals surface area contributed by atoms with Crippen molar-refractivity contribution < 1.29 is 9.90 Å². The number of aliphatic hydroxyl groups is 1. The molecule has 0 aliphatic rings. The van der Waals surface area contributed by atoms with E-state index in [9.17, 15) is 4.79 Å². The standard InChI is InChI=1S/C13H19ClN2O2/c1-2-16(6-3-7-17)9-11-5-4-10(13(15)18)8-12(11)14/h4-5,8,17H,2-3,6-7,9H2,1H3,(H2,15,18). The van der Waals surface area contributed by atoms with Crippen molar-refractivity contribution in [3.8, 4) is 0 Å². The number of nitrogens with two attached hydrogens (primary N) is 1. The number of hydrogen-bond acceptors (Lipinski definition) is 3. The molecule has 0 fully saturated rings. The van der Waals surface area contributed by atoms with Gasteiger partial charge in [0.15, 0.2) is 0 Å². The molecule has 1 rings (SSSR count). The van der Waals surface area contributed by atoms with E-state index in [1.165, 1.54) is 0 Å². The number of halogens is 1. The maximum absolute atomic E-state index is 11.0. The van der Waals surface area contributed by atoms with Gasteiger partial charge in [0.1, 0.15) is 0 Å². The molecule has 0 spiro atoms. The van der Waals surface area contributed by atoms with Crippen LogP contribution >= 0.6 is 11.6 Å². The molecule has 0 saturated carbocycles.